The van der Waals surface area contributed by atoms with E-state index in [9.17, 15) is 0 Å². The zero-order chi connectivity index (χ0) is 18.6. The molecule has 0 bridgehead atoms. The predicted molar refractivity (Wildman–Crippen MR) is 115 cm³/mol. The summed E-state index contributed by atoms with van der Waals surface area (Å²) in [5, 5.41) is 7.54. The van der Waals surface area contributed by atoms with Gasteiger partial charge >= 0.3 is 0 Å². The highest BCUT2D eigenvalue weighted by Gasteiger charge is 2.16. The molecule has 27 heavy (non-hydrogen) atoms. The third-order valence-electron chi connectivity index (χ3n) is 5.16. The third-order valence-corrected chi connectivity index (χ3v) is 6.30. The first kappa shape index (κ1) is 18.6. The van der Waals surface area contributed by atoms with E-state index < -0.39 is 0 Å². The van der Waals surface area contributed by atoms with Crippen molar-refractivity contribution in [1.29, 1.82) is 0 Å². The molecule has 4 rings (SSSR count). The van der Waals surface area contributed by atoms with Crippen molar-refractivity contribution in [1.82, 2.24) is 19.8 Å². The number of hydrogen-bond donors (Lipinski definition) is 1. The van der Waals surface area contributed by atoms with E-state index in [2.05, 4.69) is 37.4 Å². The van der Waals surface area contributed by atoms with E-state index in [4.69, 9.17) is 11.6 Å². The zero-order valence-electron chi connectivity index (χ0n) is 15.5. The Bertz CT molecular complexity index is 887. The fraction of sp³-hybridized carbons (Fsp3) is 0.400. The highest BCUT2D eigenvalue weighted by molar-refractivity contribution is 7.17. The molecule has 1 N–H and O–H groups in total. The number of hydrogen-bond acceptors (Lipinski definition) is 6. The first-order chi connectivity index (χ1) is 13.2. The lowest BCUT2D eigenvalue weighted by atomic mass is 10.1. The van der Waals surface area contributed by atoms with Crippen molar-refractivity contribution < 1.29 is 0 Å². The van der Waals surface area contributed by atoms with Crippen molar-refractivity contribution in [3.8, 4) is 11.1 Å². The number of aromatic nitrogens is 2. The van der Waals surface area contributed by atoms with Gasteiger partial charge in [-0.05, 0) is 24.2 Å². The SMILES string of the molecule is CCN1CCN(CCNc2ncnc3scc(-c4ccc(Cl)cc4)c23)CC1. The normalized spacial score (nSPS) is 16.1. The largest absolute Gasteiger partial charge is 0.368 e. The van der Waals surface area contributed by atoms with Gasteiger partial charge in [0.15, 0.2) is 0 Å². The van der Waals surface area contributed by atoms with E-state index in [1.165, 1.54) is 13.1 Å². The van der Waals surface area contributed by atoms with Crippen LogP contribution in [0.15, 0.2) is 36.0 Å². The molecule has 1 aliphatic rings. The number of halogens is 1. The molecule has 0 radical (unpaired) electrons. The van der Waals surface area contributed by atoms with Crippen molar-refractivity contribution in [3.63, 3.8) is 0 Å². The maximum Gasteiger partial charge on any atom is 0.138 e. The number of piperazine rings is 1. The summed E-state index contributed by atoms with van der Waals surface area (Å²) in [5.74, 6) is 0.915. The maximum absolute atomic E-state index is 6.04. The van der Waals surface area contributed by atoms with Gasteiger partial charge in [-0.3, -0.25) is 4.90 Å². The second-order valence-corrected chi connectivity index (χ2v) is 8.06. The predicted octanol–water partition coefficient (Wildman–Crippen LogP) is 4.06. The summed E-state index contributed by atoms with van der Waals surface area (Å²) in [6.45, 7) is 9.91. The van der Waals surface area contributed by atoms with Gasteiger partial charge in [-0.1, -0.05) is 30.7 Å². The van der Waals surface area contributed by atoms with E-state index in [0.29, 0.717) is 0 Å². The van der Waals surface area contributed by atoms with E-state index in [0.717, 1.165) is 64.9 Å². The molecule has 142 valence electrons. The summed E-state index contributed by atoms with van der Waals surface area (Å²) in [6, 6.07) is 7.95. The summed E-state index contributed by atoms with van der Waals surface area (Å²) in [6.07, 6.45) is 1.65. The summed E-state index contributed by atoms with van der Waals surface area (Å²) < 4.78 is 0. The molecular formula is C20H24ClN5S. The van der Waals surface area contributed by atoms with Gasteiger partial charge in [-0.2, -0.15) is 0 Å². The van der Waals surface area contributed by atoms with Gasteiger partial charge in [-0.25, -0.2) is 9.97 Å². The summed E-state index contributed by atoms with van der Waals surface area (Å²) >= 11 is 7.69. The van der Waals surface area contributed by atoms with Gasteiger partial charge in [0, 0.05) is 55.2 Å². The smallest absolute Gasteiger partial charge is 0.138 e. The Morgan fingerprint density at radius 3 is 2.56 bits per heavy atom. The Kier molecular flexibility index (Phi) is 5.88. The molecule has 1 aliphatic heterocycles. The van der Waals surface area contributed by atoms with Crippen LogP contribution in [-0.4, -0.2) is 65.6 Å². The first-order valence-electron chi connectivity index (χ1n) is 9.41. The van der Waals surface area contributed by atoms with E-state index in [1.807, 2.05) is 24.3 Å². The van der Waals surface area contributed by atoms with Crippen molar-refractivity contribution in [3.05, 3.63) is 41.0 Å². The molecule has 0 spiro atoms. The van der Waals surface area contributed by atoms with E-state index >= 15 is 0 Å². The molecule has 3 aromatic rings. The van der Waals surface area contributed by atoms with Gasteiger partial charge < -0.3 is 10.2 Å². The van der Waals surface area contributed by atoms with Gasteiger partial charge in [0.1, 0.15) is 17.0 Å². The topological polar surface area (TPSA) is 44.3 Å². The molecule has 3 heterocycles. The summed E-state index contributed by atoms with van der Waals surface area (Å²) in [5.41, 5.74) is 2.30. The number of nitrogens with one attached hydrogen (secondary N) is 1. The Morgan fingerprint density at radius 1 is 1.07 bits per heavy atom. The monoisotopic (exact) mass is 401 g/mol. The molecule has 1 fully saturated rings. The third kappa shape index (κ3) is 4.24. The average molecular weight is 402 g/mol. The lowest BCUT2D eigenvalue weighted by molar-refractivity contribution is 0.141. The molecule has 0 aliphatic carbocycles. The average Bonchev–Trinajstić information content (AvgIpc) is 3.14. The van der Waals surface area contributed by atoms with Crippen LogP contribution in [0.2, 0.25) is 5.02 Å². The number of nitrogens with zero attached hydrogens (tertiary/aromatic N) is 4. The van der Waals surface area contributed by atoms with Crippen LogP contribution < -0.4 is 5.32 Å². The second-order valence-electron chi connectivity index (χ2n) is 6.76. The van der Waals surface area contributed by atoms with Crippen LogP contribution in [0, 0.1) is 0 Å². The van der Waals surface area contributed by atoms with Gasteiger partial charge in [0.2, 0.25) is 0 Å². The maximum atomic E-state index is 6.04. The minimum Gasteiger partial charge on any atom is -0.368 e. The highest BCUT2D eigenvalue weighted by atomic mass is 35.5. The van der Waals surface area contributed by atoms with Crippen molar-refractivity contribution in [2.45, 2.75) is 6.92 Å². The molecule has 5 nitrogen and oxygen atoms in total. The van der Waals surface area contributed by atoms with Crippen LogP contribution in [0.25, 0.3) is 21.3 Å². The van der Waals surface area contributed by atoms with Crippen LogP contribution in [0.3, 0.4) is 0 Å². The summed E-state index contributed by atoms with van der Waals surface area (Å²) in [7, 11) is 0. The van der Waals surface area contributed by atoms with Crippen LogP contribution in [0.1, 0.15) is 6.92 Å². The molecular weight excluding hydrogens is 378 g/mol. The molecule has 0 unspecified atom stereocenters. The Morgan fingerprint density at radius 2 is 1.81 bits per heavy atom. The first-order valence-corrected chi connectivity index (χ1v) is 10.7. The molecule has 0 amide bonds. The number of anilines is 1. The number of fused-ring (bicyclic) bond motifs is 1. The van der Waals surface area contributed by atoms with Crippen molar-refractivity contribution in [2.75, 3.05) is 51.1 Å². The minimum atomic E-state index is 0.746. The Labute approximate surface area is 169 Å². The Hall–Kier alpha value is -1.73. The Balaban J connectivity index is 1.47. The van der Waals surface area contributed by atoms with E-state index in [1.54, 1.807) is 17.7 Å². The minimum absolute atomic E-state index is 0.746. The van der Waals surface area contributed by atoms with E-state index in [-0.39, 0.29) is 0 Å². The number of likely N-dealkylation sites (N-methyl/N-ethyl adjacent to an activating group) is 1. The standard InChI is InChI=1S/C20H24ClN5S/c1-2-25-9-11-26(12-10-25)8-7-22-19-18-17(13-27-20(18)24-14-23-19)15-3-5-16(21)6-4-15/h3-6,13-14H,2,7-12H2,1H3,(H,22,23,24). The molecule has 0 atom stereocenters. The van der Waals surface area contributed by atoms with Crippen LogP contribution >= 0.6 is 22.9 Å². The number of benzene rings is 1. The van der Waals surface area contributed by atoms with Crippen molar-refractivity contribution >= 4 is 39.0 Å². The van der Waals surface area contributed by atoms with Crippen LogP contribution in [0.4, 0.5) is 5.82 Å². The fourth-order valence-electron chi connectivity index (χ4n) is 3.51. The molecule has 0 saturated carbocycles. The molecule has 1 aromatic carbocycles. The fourth-order valence-corrected chi connectivity index (χ4v) is 4.55. The number of rotatable bonds is 6. The summed E-state index contributed by atoms with van der Waals surface area (Å²) in [4.78, 5) is 15.0. The van der Waals surface area contributed by atoms with Gasteiger partial charge in [0.05, 0.1) is 5.39 Å². The van der Waals surface area contributed by atoms with Gasteiger partial charge in [0.25, 0.3) is 0 Å². The van der Waals surface area contributed by atoms with Crippen LogP contribution in [-0.2, 0) is 0 Å². The zero-order valence-corrected chi connectivity index (χ0v) is 17.1. The molecule has 7 heteroatoms. The van der Waals surface area contributed by atoms with Crippen molar-refractivity contribution in [2.24, 2.45) is 0 Å². The quantitative estimate of drug-likeness (QED) is 0.674. The lowest BCUT2D eigenvalue weighted by Crippen LogP contribution is -2.47. The number of thiophene rings is 1. The highest BCUT2D eigenvalue weighted by Crippen LogP contribution is 2.36. The second kappa shape index (κ2) is 8.52. The molecule has 2 aromatic heterocycles. The lowest BCUT2D eigenvalue weighted by Gasteiger charge is -2.34. The van der Waals surface area contributed by atoms with Crippen LogP contribution in [0.5, 0.6) is 0 Å². The van der Waals surface area contributed by atoms with Gasteiger partial charge in [-0.15, -0.1) is 11.3 Å². The molecule has 1 saturated heterocycles.